The molecule has 1 aliphatic heterocycles. The normalized spacial score (nSPS) is 13.7. The summed E-state index contributed by atoms with van der Waals surface area (Å²) < 4.78 is 37.5. The van der Waals surface area contributed by atoms with Gasteiger partial charge in [-0.2, -0.15) is 13.2 Å². The van der Waals surface area contributed by atoms with Gasteiger partial charge in [0.15, 0.2) is 0 Å². The molecule has 2 heterocycles. The van der Waals surface area contributed by atoms with E-state index < -0.39 is 29.5 Å². The van der Waals surface area contributed by atoms with Crippen molar-refractivity contribution in [3.8, 4) is 0 Å². The number of pyridine rings is 1. The zero-order chi connectivity index (χ0) is 19.8. The third-order valence-corrected chi connectivity index (χ3v) is 4.73. The summed E-state index contributed by atoms with van der Waals surface area (Å²) in [6, 6.07) is 6.46. The molecule has 1 aromatic heterocycles. The van der Waals surface area contributed by atoms with E-state index in [1.165, 1.54) is 31.3 Å². The first-order chi connectivity index (χ1) is 12.7. The van der Waals surface area contributed by atoms with Crippen LogP contribution in [0.4, 0.5) is 18.9 Å². The Morgan fingerprint density at radius 1 is 1.15 bits per heavy atom. The number of anilines is 1. The Labute approximate surface area is 155 Å². The van der Waals surface area contributed by atoms with Gasteiger partial charge >= 0.3 is 6.18 Å². The zero-order valence-electron chi connectivity index (χ0n) is 13.8. The number of rotatable bonds is 4. The number of nitrogens with zero attached hydrogens (tertiary/aromatic N) is 2. The summed E-state index contributed by atoms with van der Waals surface area (Å²) in [5, 5.41) is 2.85. The van der Waals surface area contributed by atoms with E-state index in [2.05, 4.69) is 10.3 Å². The van der Waals surface area contributed by atoms with Crippen molar-refractivity contribution >= 4 is 35.2 Å². The van der Waals surface area contributed by atoms with E-state index in [4.69, 9.17) is 0 Å². The number of hydrogen-bond donors (Lipinski definition) is 1. The van der Waals surface area contributed by atoms with Crippen LogP contribution < -0.4 is 5.32 Å². The lowest BCUT2D eigenvalue weighted by Gasteiger charge is -2.08. The third-order valence-electron chi connectivity index (χ3n) is 3.79. The highest BCUT2D eigenvalue weighted by Crippen LogP contribution is 2.29. The van der Waals surface area contributed by atoms with Gasteiger partial charge in [-0.3, -0.25) is 19.3 Å². The predicted molar refractivity (Wildman–Crippen MR) is 91.5 cm³/mol. The molecule has 1 aromatic carbocycles. The van der Waals surface area contributed by atoms with Gasteiger partial charge < -0.3 is 5.32 Å². The fraction of sp³-hybridized carbons (Fsp3) is 0.176. The minimum atomic E-state index is -4.46. The van der Waals surface area contributed by atoms with Gasteiger partial charge in [0, 0.05) is 18.9 Å². The number of thioether (sulfide) groups is 1. The third kappa shape index (κ3) is 3.95. The number of amides is 3. The van der Waals surface area contributed by atoms with Gasteiger partial charge in [0.05, 0.1) is 27.5 Å². The van der Waals surface area contributed by atoms with Gasteiger partial charge in [-0.05, 0) is 30.3 Å². The highest BCUT2D eigenvalue weighted by atomic mass is 32.2. The molecule has 1 aliphatic rings. The number of imide groups is 1. The maximum absolute atomic E-state index is 12.5. The summed E-state index contributed by atoms with van der Waals surface area (Å²) in [5.41, 5.74) is -0.0454. The average molecular weight is 395 g/mol. The van der Waals surface area contributed by atoms with E-state index in [0.717, 1.165) is 22.7 Å². The Morgan fingerprint density at radius 3 is 2.48 bits per heavy atom. The molecule has 0 saturated carbocycles. The molecular formula is C17H12F3N3O3S. The van der Waals surface area contributed by atoms with Crippen LogP contribution in [0, 0.1) is 0 Å². The molecule has 0 bridgehead atoms. The first kappa shape index (κ1) is 18.9. The van der Waals surface area contributed by atoms with Crippen LogP contribution in [-0.4, -0.2) is 40.4 Å². The SMILES string of the molecule is CN1C(=O)c2ccc(NC(=O)CSc3ccc(C(F)(F)F)cn3)cc2C1=O. The fourth-order valence-electron chi connectivity index (χ4n) is 2.41. The monoisotopic (exact) mass is 395 g/mol. The van der Waals surface area contributed by atoms with Gasteiger partial charge in [0.2, 0.25) is 5.91 Å². The van der Waals surface area contributed by atoms with Crippen LogP contribution in [0.15, 0.2) is 41.6 Å². The summed E-state index contributed by atoms with van der Waals surface area (Å²) in [7, 11) is 1.37. The lowest BCUT2D eigenvalue weighted by Crippen LogP contribution is -2.24. The van der Waals surface area contributed by atoms with E-state index in [1.807, 2.05) is 0 Å². The second-order valence-corrected chi connectivity index (χ2v) is 6.65. The molecule has 0 atom stereocenters. The minimum absolute atomic E-state index is 0.0811. The lowest BCUT2D eigenvalue weighted by molar-refractivity contribution is -0.137. The Balaban J connectivity index is 1.61. The van der Waals surface area contributed by atoms with E-state index in [0.29, 0.717) is 11.9 Å². The van der Waals surface area contributed by atoms with Crippen molar-refractivity contribution in [1.82, 2.24) is 9.88 Å². The van der Waals surface area contributed by atoms with Crippen LogP contribution in [0.5, 0.6) is 0 Å². The van der Waals surface area contributed by atoms with Gasteiger partial charge in [-0.1, -0.05) is 11.8 Å². The van der Waals surface area contributed by atoms with Crippen LogP contribution in [0.3, 0.4) is 0 Å². The van der Waals surface area contributed by atoms with Crippen LogP contribution in [-0.2, 0) is 11.0 Å². The maximum atomic E-state index is 12.5. The van der Waals surface area contributed by atoms with Crippen molar-refractivity contribution in [2.24, 2.45) is 0 Å². The second-order valence-electron chi connectivity index (χ2n) is 5.65. The summed E-state index contributed by atoms with van der Waals surface area (Å²) in [5.74, 6) is -1.36. The molecule has 0 radical (unpaired) electrons. The number of carbonyl (C=O) groups excluding carboxylic acids is 3. The molecule has 3 rings (SSSR count). The molecule has 10 heteroatoms. The summed E-state index contributed by atoms with van der Waals surface area (Å²) in [6.07, 6.45) is -3.76. The molecule has 3 amide bonds. The van der Waals surface area contributed by atoms with Crippen molar-refractivity contribution in [1.29, 1.82) is 0 Å². The standard InChI is InChI=1S/C17H12F3N3O3S/c1-23-15(25)11-4-3-10(6-12(11)16(23)26)22-13(24)8-27-14-5-2-9(7-21-14)17(18,19)20/h2-7H,8H2,1H3,(H,22,24). The van der Waals surface area contributed by atoms with Crippen LogP contribution >= 0.6 is 11.8 Å². The topological polar surface area (TPSA) is 79.4 Å². The summed E-state index contributed by atoms with van der Waals surface area (Å²) in [4.78, 5) is 40.5. The Hall–Kier alpha value is -2.88. The minimum Gasteiger partial charge on any atom is -0.325 e. The molecule has 6 nitrogen and oxygen atoms in total. The van der Waals surface area contributed by atoms with Gasteiger partial charge in [-0.15, -0.1) is 0 Å². The largest absolute Gasteiger partial charge is 0.417 e. The molecule has 0 spiro atoms. The van der Waals surface area contributed by atoms with Crippen molar-refractivity contribution in [3.05, 3.63) is 53.2 Å². The van der Waals surface area contributed by atoms with Crippen LogP contribution in [0.1, 0.15) is 26.3 Å². The Kier molecular flexibility index (Phi) is 4.92. The molecule has 0 unspecified atom stereocenters. The van der Waals surface area contributed by atoms with Gasteiger partial charge in [0.1, 0.15) is 0 Å². The first-order valence-corrected chi connectivity index (χ1v) is 8.57. The van der Waals surface area contributed by atoms with E-state index >= 15 is 0 Å². The Morgan fingerprint density at radius 2 is 1.85 bits per heavy atom. The number of fused-ring (bicyclic) bond motifs is 1. The molecule has 0 fully saturated rings. The molecule has 27 heavy (non-hydrogen) atoms. The summed E-state index contributed by atoms with van der Waals surface area (Å²) in [6.45, 7) is 0. The van der Waals surface area contributed by atoms with Crippen molar-refractivity contribution in [2.45, 2.75) is 11.2 Å². The molecule has 1 N–H and O–H groups in total. The number of halogens is 3. The smallest absolute Gasteiger partial charge is 0.325 e. The number of aromatic nitrogens is 1. The zero-order valence-corrected chi connectivity index (χ0v) is 14.6. The van der Waals surface area contributed by atoms with E-state index in [-0.39, 0.29) is 21.9 Å². The highest BCUT2D eigenvalue weighted by molar-refractivity contribution is 7.99. The van der Waals surface area contributed by atoms with E-state index in [9.17, 15) is 27.6 Å². The highest BCUT2D eigenvalue weighted by Gasteiger charge is 2.33. The van der Waals surface area contributed by atoms with Crippen molar-refractivity contribution in [3.63, 3.8) is 0 Å². The number of nitrogens with one attached hydrogen (secondary N) is 1. The molecule has 2 aromatic rings. The molecule has 0 saturated heterocycles. The molecule has 0 aliphatic carbocycles. The van der Waals surface area contributed by atoms with E-state index in [1.54, 1.807) is 0 Å². The Bertz CT molecular complexity index is 929. The quantitative estimate of drug-likeness (QED) is 0.636. The molecular weight excluding hydrogens is 383 g/mol. The number of benzene rings is 1. The second kappa shape index (κ2) is 7.03. The predicted octanol–water partition coefficient (Wildman–Crippen LogP) is 3.06. The van der Waals surface area contributed by atoms with Crippen molar-refractivity contribution in [2.75, 3.05) is 18.1 Å². The van der Waals surface area contributed by atoms with Gasteiger partial charge in [-0.25, -0.2) is 4.98 Å². The number of carbonyl (C=O) groups is 3. The summed E-state index contributed by atoms with van der Waals surface area (Å²) >= 11 is 0.974. The first-order valence-electron chi connectivity index (χ1n) is 7.59. The average Bonchev–Trinajstić information content (AvgIpc) is 2.84. The lowest BCUT2D eigenvalue weighted by atomic mass is 10.1. The number of hydrogen-bond acceptors (Lipinski definition) is 5. The van der Waals surface area contributed by atoms with Crippen LogP contribution in [0.2, 0.25) is 0 Å². The van der Waals surface area contributed by atoms with Crippen molar-refractivity contribution < 1.29 is 27.6 Å². The number of alkyl halides is 3. The maximum Gasteiger partial charge on any atom is 0.417 e. The molecule has 140 valence electrons. The van der Waals surface area contributed by atoms with Crippen LogP contribution in [0.25, 0.3) is 0 Å². The fourth-order valence-corrected chi connectivity index (χ4v) is 3.05. The van der Waals surface area contributed by atoms with Gasteiger partial charge in [0.25, 0.3) is 11.8 Å².